The third kappa shape index (κ3) is 1.43. The van der Waals surface area contributed by atoms with Crippen LogP contribution in [0.25, 0.3) is 4.96 Å². The van der Waals surface area contributed by atoms with Crippen LogP contribution in [-0.4, -0.2) is 14.6 Å². The number of hydrogen-bond acceptors (Lipinski definition) is 4. The average molecular weight is 209 g/mol. The highest BCUT2D eigenvalue weighted by molar-refractivity contribution is 7.16. The van der Waals surface area contributed by atoms with Gasteiger partial charge in [-0.25, -0.2) is 4.98 Å². The Balaban J connectivity index is 2.77. The van der Waals surface area contributed by atoms with Gasteiger partial charge in [-0.2, -0.15) is 9.61 Å². The third-order valence-corrected chi connectivity index (χ3v) is 3.09. The van der Waals surface area contributed by atoms with E-state index in [1.807, 2.05) is 6.92 Å². The van der Waals surface area contributed by atoms with Crippen molar-refractivity contribution in [3.05, 3.63) is 27.1 Å². The van der Waals surface area contributed by atoms with Crippen LogP contribution in [0.5, 0.6) is 0 Å². The van der Waals surface area contributed by atoms with Gasteiger partial charge in [0.1, 0.15) is 5.01 Å². The number of nitrogens with zero attached hydrogens (tertiary/aromatic N) is 3. The predicted molar refractivity (Wildman–Crippen MR) is 56.0 cm³/mol. The van der Waals surface area contributed by atoms with E-state index in [4.69, 9.17) is 0 Å². The van der Waals surface area contributed by atoms with Gasteiger partial charge < -0.3 is 0 Å². The summed E-state index contributed by atoms with van der Waals surface area (Å²) in [6.07, 6.45) is 0. The molecule has 14 heavy (non-hydrogen) atoms. The smallest absolute Gasteiger partial charge is 0.267 e. The fraction of sp³-hybridized carbons (Fsp3) is 0.444. The van der Waals surface area contributed by atoms with E-state index >= 15 is 0 Å². The predicted octanol–water partition coefficient (Wildman–Crippen LogP) is 1.58. The molecule has 2 aromatic rings. The van der Waals surface area contributed by atoms with E-state index in [-0.39, 0.29) is 5.56 Å². The molecule has 0 bridgehead atoms. The van der Waals surface area contributed by atoms with Crippen molar-refractivity contribution < 1.29 is 0 Å². The molecular weight excluding hydrogens is 198 g/mol. The summed E-state index contributed by atoms with van der Waals surface area (Å²) in [6, 6.07) is 1.50. The molecule has 0 atom stereocenters. The summed E-state index contributed by atoms with van der Waals surface area (Å²) in [7, 11) is 0. The van der Waals surface area contributed by atoms with Crippen LogP contribution in [0.15, 0.2) is 10.9 Å². The summed E-state index contributed by atoms with van der Waals surface area (Å²) in [6.45, 7) is 5.92. The lowest BCUT2D eigenvalue weighted by Gasteiger charge is -1.93. The SMILES string of the molecule is Cc1cc(=O)n2nc(C(C)C)sc2n1. The largest absolute Gasteiger partial charge is 0.275 e. The molecule has 0 amide bonds. The lowest BCUT2D eigenvalue weighted by molar-refractivity contribution is 0.782. The van der Waals surface area contributed by atoms with Crippen molar-refractivity contribution in [3.8, 4) is 0 Å². The zero-order chi connectivity index (χ0) is 10.3. The average Bonchev–Trinajstić information content (AvgIpc) is 2.47. The van der Waals surface area contributed by atoms with Crippen LogP contribution in [-0.2, 0) is 0 Å². The molecule has 0 aliphatic rings. The Morgan fingerprint density at radius 1 is 1.50 bits per heavy atom. The molecule has 2 rings (SSSR count). The maximum atomic E-state index is 11.5. The lowest BCUT2D eigenvalue weighted by Crippen LogP contribution is -2.14. The Bertz CT molecular complexity index is 526. The first-order valence-electron chi connectivity index (χ1n) is 4.45. The maximum Gasteiger partial charge on any atom is 0.275 e. The molecular formula is C9H11N3OS. The second kappa shape index (κ2) is 3.16. The van der Waals surface area contributed by atoms with E-state index < -0.39 is 0 Å². The highest BCUT2D eigenvalue weighted by atomic mass is 32.1. The van der Waals surface area contributed by atoms with Gasteiger partial charge in [-0.1, -0.05) is 25.2 Å². The van der Waals surface area contributed by atoms with Crippen molar-refractivity contribution in [1.82, 2.24) is 14.6 Å². The topological polar surface area (TPSA) is 47.3 Å². The minimum atomic E-state index is -0.101. The molecule has 74 valence electrons. The van der Waals surface area contributed by atoms with Crippen molar-refractivity contribution in [3.63, 3.8) is 0 Å². The molecule has 5 heteroatoms. The van der Waals surface area contributed by atoms with Crippen LogP contribution in [0.4, 0.5) is 0 Å². The molecule has 0 aliphatic carbocycles. The fourth-order valence-electron chi connectivity index (χ4n) is 1.17. The van der Waals surface area contributed by atoms with Crippen molar-refractivity contribution in [2.45, 2.75) is 26.7 Å². The summed E-state index contributed by atoms with van der Waals surface area (Å²) < 4.78 is 1.37. The molecule has 2 aromatic heterocycles. The van der Waals surface area contributed by atoms with E-state index in [0.717, 1.165) is 10.7 Å². The summed E-state index contributed by atoms with van der Waals surface area (Å²) in [5, 5.41) is 5.16. The Hall–Kier alpha value is -1.23. The number of hydrogen-bond donors (Lipinski definition) is 0. The maximum absolute atomic E-state index is 11.5. The first-order valence-corrected chi connectivity index (χ1v) is 5.27. The van der Waals surface area contributed by atoms with Gasteiger partial charge in [0.2, 0.25) is 4.96 Å². The van der Waals surface area contributed by atoms with Gasteiger partial charge in [0.05, 0.1) is 0 Å². The first-order chi connectivity index (χ1) is 6.58. The molecule has 2 heterocycles. The van der Waals surface area contributed by atoms with Crippen LogP contribution in [0.1, 0.15) is 30.5 Å². The zero-order valence-electron chi connectivity index (χ0n) is 8.31. The van der Waals surface area contributed by atoms with E-state index in [2.05, 4.69) is 23.9 Å². The molecule has 0 fully saturated rings. The first kappa shape index (κ1) is 9.33. The van der Waals surface area contributed by atoms with E-state index in [1.54, 1.807) is 0 Å². The Kier molecular flexibility index (Phi) is 2.11. The second-order valence-corrected chi connectivity index (χ2v) is 4.51. The fourth-order valence-corrected chi connectivity index (χ4v) is 2.12. The molecule has 0 aromatic carbocycles. The van der Waals surface area contributed by atoms with Gasteiger partial charge >= 0.3 is 0 Å². The Morgan fingerprint density at radius 2 is 2.21 bits per heavy atom. The summed E-state index contributed by atoms with van der Waals surface area (Å²) in [5.74, 6) is 0.335. The number of aryl methyl sites for hydroxylation is 1. The molecule has 0 spiro atoms. The third-order valence-electron chi connectivity index (χ3n) is 1.88. The van der Waals surface area contributed by atoms with Crippen LogP contribution in [0, 0.1) is 6.92 Å². The monoisotopic (exact) mass is 209 g/mol. The summed E-state index contributed by atoms with van der Waals surface area (Å²) >= 11 is 1.47. The van der Waals surface area contributed by atoms with Crippen molar-refractivity contribution >= 4 is 16.3 Å². The van der Waals surface area contributed by atoms with E-state index in [0.29, 0.717) is 10.9 Å². The van der Waals surface area contributed by atoms with Gasteiger partial charge in [-0.15, -0.1) is 0 Å². The number of aromatic nitrogens is 3. The Morgan fingerprint density at radius 3 is 2.86 bits per heavy atom. The van der Waals surface area contributed by atoms with Crippen LogP contribution in [0.3, 0.4) is 0 Å². The minimum absolute atomic E-state index is 0.101. The van der Waals surface area contributed by atoms with Crippen molar-refractivity contribution in [1.29, 1.82) is 0 Å². The summed E-state index contributed by atoms with van der Waals surface area (Å²) in [5.41, 5.74) is 0.643. The van der Waals surface area contributed by atoms with Crippen LogP contribution in [0.2, 0.25) is 0 Å². The lowest BCUT2D eigenvalue weighted by atomic mass is 10.2. The van der Waals surface area contributed by atoms with E-state index in [1.165, 1.54) is 21.9 Å². The number of rotatable bonds is 1. The minimum Gasteiger partial charge on any atom is -0.267 e. The van der Waals surface area contributed by atoms with Gasteiger partial charge in [0.15, 0.2) is 0 Å². The zero-order valence-corrected chi connectivity index (χ0v) is 9.13. The quantitative estimate of drug-likeness (QED) is 0.716. The van der Waals surface area contributed by atoms with Gasteiger partial charge in [-0.3, -0.25) is 4.79 Å². The van der Waals surface area contributed by atoms with Crippen molar-refractivity contribution in [2.24, 2.45) is 0 Å². The second-order valence-electron chi connectivity index (χ2n) is 3.53. The highest BCUT2D eigenvalue weighted by Crippen LogP contribution is 2.19. The molecule has 0 aliphatic heterocycles. The molecule has 0 N–H and O–H groups in total. The van der Waals surface area contributed by atoms with Crippen LogP contribution >= 0.6 is 11.3 Å². The number of fused-ring (bicyclic) bond motifs is 1. The standard InChI is InChI=1S/C9H11N3OS/c1-5(2)8-11-12-7(13)4-6(3)10-9(12)14-8/h4-5H,1-3H3. The Labute approximate surface area is 85.2 Å². The highest BCUT2D eigenvalue weighted by Gasteiger charge is 2.09. The van der Waals surface area contributed by atoms with Gasteiger partial charge in [-0.05, 0) is 6.92 Å². The molecule has 0 unspecified atom stereocenters. The van der Waals surface area contributed by atoms with Crippen molar-refractivity contribution in [2.75, 3.05) is 0 Å². The van der Waals surface area contributed by atoms with Crippen LogP contribution < -0.4 is 5.56 Å². The molecule has 0 saturated carbocycles. The molecule has 4 nitrogen and oxygen atoms in total. The van der Waals surface area contributed by atoms with E-state index in [9.17, 15) is 4.79 Å². The normalized spacial score (nSPS) is 11.4. The van der Waals surface area contributed by atoms with Gasteiger partial charge in [0, 0.05) is 17.7 Å². The molecule has 0 radical (unpaired) electrons. The summed E-state index contributed by atoms with van der Waals surface area (Å²) in [4.78, 5) is 16.4. The van der Waals surface area contributed by atoms with Gasteiger partial charge in [0.25, 0.3) is 5.56 Å². The molecule has 0 saturated heterocycles.